The molecule has 0 spiro atoms. The van der Waals surface area contributed by atoms with E-state index in [2.05, 4.69) is 21.6 Å². The van der Waals surface area contributed by atoms with Crippen LogP contribution in [0.2, 0.25) is 0 Å². The monoisotopic (exact) mass is 239 g/mol. The molecule has 3 N–H and O–H groups in total. The second-order valence-corrected chi connectivity index (χ2v) is 4.04. The van der Waals surface area contributed by atoms with Crippen LogP contribution in [0.25, 0.3) is 10.9 Å². The number of anilines is 1. The van der Waals surface area contributed by atoms with Gasteiger partial charge in [0, 0.05) is 23.3 Å². The van der Waals surface area contributed by atoms with E-state index in [9.17, 15) is 0 Å². The number of aromatic nitrogens is 3. The molecule has 0 amide bonds. The molecule has 0 saturated heterocycles. The van der Waals surface area contributed by atoms with Crippen LogP contribution in [0.3, 0.4) is 0 Å². The maximum absolute atomic E-state index is 5.53. The maximum atomic E-state index is 5.53. The van der Waals surface area contributed by atoms with E-state index in [4.69, 9.17) is 5.84 Å². The molecule has 0 unspecified atom stereocenters. The summed E-state index contributed by atoms with van der Waals surface area (Å²) in [5, 5.41) is 5.28. The van der Waals surface area contributed by atoms with Gasteiger partial charge in [-0.1, -0.05) is 18.2 Å². The summed E-state index contributed by atoms with van der Waals surface area (Å²) < 4.78 is 1.84. The molecule has 0 aliphatic rings. The van der Waals surface area contributed by atoms with Gasteiger partial charge in [-0.05, 0) is 18.2 Å². The van der Waals surface area contributed by atoms with Crippen molar-refractivity contribution in [1.29, 1.82) is 0 Å². The first kappa shape index (κ1) is 10.7. The summed E-state index contributed by atoms with van der Waals surface area (Å²) in [7, 11) is 0. The Morgan fingerprint density at radius 3 is 2.89 bits per heavy atom. The number of pyridine rings is 1. The fourth-order valence-corrected chi connectivity index (χ4v) is 1.97. The van der Waals surface area contributed by atoms with Gasteiger partial charge in [-0.25, -0.2) is 10.8 Å². The largest absolute Gasteiger partial charge is 0.308 e. The van der Waals surface area contributed by atoms with Crippen molar-refractivity contribution >= 4 is 16.7 Å². The van der Waals surface area contributed by atoms with Gasteiger partial charge < -0.3 is 5.43 Å². The van der Waals surface area contributed by atoms with E-state index in [1.165, 1.54) is 0 Å². The number of hydrogen-bond acceptors (Lipinski definition) is 4. The zero-order chi connectivity index (χ0) is 12.4. The number of nitrogens with zero attached hydrogens (tertiary/aromatic N) is 3. The molecular formula is C13H13N5. The third kappa shape index (κ3) is 1.91. The van der Waals surface area contributed by atoms with Gasteiger partial charge in [-0.2, -0.15) is 5.10 Å². The molecule has 18 heavy (non-hydrogen) atoms. The zero-order valence-corrected chi connectivity index (χ0v) is 9.74. The highest BCUT2D eigenvalue weighted by Crippen LogP contribution is 2.20. The van der Waals surface area contributed by atoms with Crippen molar-refractivity contribution in [2.24, 2.45) is 5.84 Å². The first-order chi connectivity index (χ1) is 8.86. The lowest BCUT2D eigenvalue weighted by molar-refractivity contribution is 0.686. The second kappa shape index (κ2) is 4.46. The average molecular weight is 239 g/mol. The Morgan fingerprint density at radius 1 is 1.22 bits per heavy atom. The van der Waals surface area contributed by atoms with Crippen LogP contribution in [-0.4, -0.2) is 14.8 Å². The number of hydrazine groups is 1. The van der Waals surface area contributed by atoms with Crippen molar-refractivity contribution in [2.45, 2.75) is 6.54 Å². The molecule has 2 heterocycles. The Bertz CT molecular complexity index is 660. The minimum absolute atomic E-state index is 0.643. The number of rotatable bonds is 3. The number of nitrogens with one attached hydrogen (secondary N) is 1. The number of hydrogen-bond donors (Lipinski definition) is 2. The summed E-state index contributed by atoms with van der Waals surface area (Å²) in [5.74, 6) is 6.21. The molecule has 3 rings (SSSR count). The van der Waals surface area contributed by atoms with Crippen LogP contribution in [-0.2, 0) is 6.54 Å². The maximum Gasteiger partial charge on any atom is 0.145 e. The third-order valence-electron chi connectivity index (χ3n) is 2.83. The van der Waals surface area contributed by atoms with Gasteiger partial charge >= 0.3 is 0 Å². The Labute approximate surface area is 104 Å². The van der Waals surface area contributed by atoms with Gasteiger partial charge in [-0.15, -0.1) is 0 Å². The average Bonchev–Trinajstić information content (AvgIpc) is 2.91. The zero-order valence-electron chi connectivity index (χ0n) is 9.74. The van der Waals surface area contributed by atoms with E-state index in [1.807, 2.05) is 41.2 Å². The van der Waals surface area contributed by atoms with Crippen LogP contribution in [0.5, 0.6) is 0 Å². The van der Waals surface area contributed by atoms with Crippen LogP contribution in [0.15, 0.2) is 48.8 Å². The SMILES string of the molecule is NNc1nc2ccccc2cc1Cn1cccn1. The van der Waals surface area contributed by atoms with Crippen molar-refractivity contribution in [3.8, 4) is 0 Å². The van der Waals surface area contributed by atoms with Gasteiger partial charge in [-0.3, -0.25) is 4.68 Å². The lowest BCUT2D eigenvalue weighted by atomic mass is 10.1. The molecule has 0 radical (unpaired) electrons. The van der Waals surface area contributed by atoms with Gasteiger partial charge in [0.05, 0.1) is 12.1 Å². The van der Waals surface area contributed by atoms with E-state index >= 15 is 0 Å². The number of nitrogens with two attached hydrogens (primary N) is 1. The summed E-state index contributed by atoms with van der Waals surface area (Å²) >= 11 is 0. The molecule has 0 bridgehead atoms. The molecule has 0 saturated carbocycles. The molecular weight excluding hydrogens is 226 g/mol. The Balaban J connectivity index is 2.09. The van der Waals surface area contributed by atoms with Gasteiger partial charge in [0.15, 0.2) is 0 Å². The molecule has 3 aromatic rings. The Kier molecular flexibility index (Phi) is 2.66. The lowest BCUT2D eigenvalue weighted by Gasteiger charge is -2.10. The molecule has 5 nitrogen and oxygen atoms in total. The van der Waals surface area contributed by atoms with Crippen LogP contribution in [0.4, 0.5) is 5.82 Å². The van der Waals surface area contributed by atoms with Crippen molar-refractivity contribution in [1.82, 2.24) is 14.8 Å². The lowest BCUT2D eigenvalue weighted by Crippen LogP contribution is -2.13. The fourth-order valence-electron chi connectivity index (χ4n) is 1.97. The first-order valence-electron chi connectivity index (χ1n) is 5.69. The highest BCUT2D eigenvalue weighted by molar-refractivity contribution is 5.81. The quantitative estimate of drug-likeness (QED) is 0.540. The van der Waals surface area contributed by atoms with Gasteiger partial charge in [0.1, 0.15) is 5.82 Å². The van der Waals surface area contributed by atoms with E-state index in [1.54, 1.807) is 6.20 Å². The van der Waals surface area contributed by atoms with Crippen LogP contribution in [0.1, 0.15) is 5.56 Å². The number of benzene rings is 1. The summed E-state index contributed by atoms with van der Waals surface area (Å²) in [4.78, 5) is 4.50. The minimum Gasteiger partial charge on any atom is -0.308 e. The smallest absolute Gasteiger partial charge is 0.145 e. The van der Waals surface area contributed by atoms with Gasteiger partial charge in [0.25, 0.3) is 0 Å². The van der Waals surface area contributed by atoms with E-state index < -0.39 is 0 Å². The number of para-hydroxylation sites is 1. The molecule has 90 valence electrons. The van der Waals surface area contributed by atoms with Crippen LogP contribution >= 0.6 is 0 Å². The van der Waals surface area contributed by atoms with E-state index in [0.29, 0.717) is 12.4 Å². The van der Waals surface area contributed by atoms with Crippen molar-refractivity contribution < 1.29 is 0 Å². The number of nitrogen functional groups attached to an aromatic ring is 1. The summed E-state index contributed by atoms with van der Waals surface area (Å²) in [6, 6.07) is 11.9. The second-order valence-electron chi connectivity index (χ2n) is 4.04. The van der Waals surface area contributed by atoms with Crippen LogP contribution < -0.4 is 11.3 Å². The Hall–Kier alpha value is -2.40. The Morgan fingerprint density at radius 2 is 2.11 bits per heavy atom. The predicted molar refractivity (Wildman–Crippen MR) is 70.9 cm³/mol. The van der Waals surface area contributed by atoms with Crippen molar-refractivity contribution in [3.05, 3.63) is 54.4 Å². The predicted octanol–water partition coefficient (Wildman–Crippen LogP) is 1.77. The molecule has 0 fully saturated rings. The third-order valence-corrected chi connectivity index (χ3v) is 2.83. The van der Waals surface area contributed by atoms with E-state index in [-0.39, 0.29) is 0 Å². The highest BCUT2D eigenvalue weighted by Gasteiger charge is 2.06. The highest BCUT2D eigenvalue weighted by atomic mass is 15.3. The molecule has 0 aliphatic heterocycles. The van der Waals surface area contributed by atoms with Crippen molar-refractivity contribution in [2.75, 3.05) is 5.43 Å². The van der Waals surface area contributed by atoms with E-state index in [0.717, 1.165) is 16.5 Å². The topological polar surface area (TPSA) is 68.8 Å². The molecule has 1 aromatic carbocycles. The minimum atomic E-state index is 0.643. The molecule has 5 heteroatoms. The summed E-state index contributed by atoms with van der Waals surface area (Å²) in [6.07, 6.45) is 3.67. The van der Waals surface area contributed by atoms with Crippen LogP contribution in [0, 0.1) is 0 Å². The standard InChI is InChI=1S/C13H13N5/c14-17-13-11(9-18-7-3-6-15-18)8-10-4-1-2-5-12(10)16-13/h1-8H,9,14H2,(H,16,17). The molecule has 0 aliphatic carbocycles. The normalized spacial score (nSPS) is 10.7. The van der Waals surface area contributed by atoms with Gasteiger partial charge in [0.2, 0.25) is 0 Å². The first-order valence-corrected chi connectivity index (χ1v) is 5.69. The number of fused-ring (bicyclic) bond motifs is 1. The fraction of sp³-hybridized carbons (Fsp3) is 0.0769. The molecule has 0 atom stereocenters. The molecule has 2 aromatic heterocycles. The summed E-state index contributed by atoms with van der Waals surface area (Å²) in [5.41, 5.74) is 4.59. The summed E-state index contributed by atoms with van der Waals surface area (Å²) in [6.45, 7) is 0.643. The van der Waals surface area contributed by atoms with Crippen molar-refractivity contribution in [3.63, 3.8) is 0 Å².